The van der Waals surface area contributed by atoms with Crippen LogP contribution in [0.25, 0.3) is 0 Å². The van der Waals surface area contributed by atoms with Crippen LogP contribution < -0.4 is 10.6 Å². The number of ether oxygens (including phenoxy) is 2. The average Bonchev–Trinajstić information content (AvgIpc) is 3.29. The first kappa shape index (κ1) is 21.2. The zero-order chi connectivity index (χ0) is 20.7. The Morgan fingerprint density at radius 1 is 1.21 bits per heavy atom. The SMILES string of the molecule is COC(=O)c1c(NC(=O)COC(=O)CCNC(=O)c2ccco2)sc(C)c1C. The van der Waals surface area contributed by atoms with Crippen LogP contribution >= 0.6 is 11.3 Å². The summed E-state index contributed by atoms with van der Waals surface area (Å²) in [6, 6.07) is 3.07. The van der Waals surface area contributed by atoms with Crippen LogP contribution in [0.1, 0.15) is 37.8 Å². The first-order valence-electron chi connectivity index (χ1n) is 8.29. The van der Waals surface area contributed by atoms with E-state index in [0.29, 0.717) is 5.00 Å². The lowest BCUT2D eigenvalue weighted by molar-refractivity contribution is -0.147. The molecule has 2 heterocycles. The van der Waals surface area contributed by atoms with Crippen LogP contribution in [0, 0.1) is 13.8 Å². The predicted octanol–water partition coefficient (Wildman–Crippen LogP) is 2.05. The fourth-order valence-corrected chi connectivity index (χ4v) is 3.28. The molecule has 0 atom stereocenters. The standard InChI is InChI=1S/C18H20N2O7S/c1-10-11(2)28-17(15(10)18(24)25-3)20-13(21)9-27-14(22)6-7-19-16(23)12-5-4-8-26-12/h4-5,8H,6-7,9H2,1-3H3,(H,19,23)(H,20,21). The minimum absolute atomic E-state index is 0.0375. The number of anilines is 1. The fraction of sp³-hybridized carbons (Fsp3) is 0.333. The number of aryl methyl sites for hydroxylation is 1. The van der Waals surface area contributed by atoms with Crippen molar-refractivity contribution < 1.29 is 33.1 Å². The van der Waals surface area contributed by atoms with E-state index in [-0.39, 0.29) is 24.3 Å². The highest BCUT2D eigenvalue weighted by Crippen LogP contribution is 2.32. The summed E-state index contributed by atoms with van der Waals surface area (Å²) >= 11 is 1.23. The number of furan rings is 1. The monoisotopic (exact) mass is 408 g/mol. The van der Waals surface area contributed by atoms with Crippen LogP contribution in [0.5, 0.6) is 0 Å². The van der Waals surface area contributed by atoms with Gasteiger partial charge in [0, 0.05) is 11.4 Å². The van der Waals surface area contributed by atoms with Crippen LogP contribution in [0.2, 0.25) is 0 Å². The average molecular weight is 408 g/mol. The highest BCUT2D eigenvalue weighted by molar-refractivity contribution is 7.16. The highest BCUT2D eigenvalue weighted by atomic mass is 32.1. The molecule has 0 fully saturated rings. The van der Waals surface area contributed by atoms with E-state index in [4.69, 9.17) is 13.9 Å². The van der Waals surface area contributed by atoms with Crippen molar-refractivity contribution in [3.05, 3.63) is 40.2 Å². The Bertz CT molecular complexity index is 871. The van der Waals surface area contributed by atoms with Crippen molar-refractivity contribution in [3.8, 4) is 0 Å². The van der Waals surface area contributed by atoms with Crippen LogP contribution in [-0.4, -0.2) is 44.0 Å². The lowest BCUT2D eigenvalue weighted by Crippen LogP contribution is -2.27. The molecule has 150 valence electrons. The van der Waals surface area contributed by atoms with E-state index in [9.17, 15) is 19.2 Å². The lowest BCUT2D eigenvalue weighted by Gasteiger charge is -2.07. The minimum Gasteiger partial charge on any atom is -0.465 e. The molecule has 10 heteroatoms. The van der Waals surface area contributed by atoms with Crippen molar-refractivity contribution >= 4 is 40.1 Å². The van der Waals surface area contributed by atoms with Gasteiger partial charge in [0.1, 0.15) is 5.00 Å². The summed E-state index contributed by atoms with van der Waals surface area (Å²) in [5, 5.41) is 5.39. The van der Waals surface area contributed by atoms with Crippen LogP contribution in [0.4, 0.5) is 5.00 Å². The van der Waals surface area contributed by atoms with Gasteiger partial charge in [0.05, 0.1) is 25.4 Å². The van der Waals surface area contributed by atoms with Crippen LogP contribution in [-0.2, 0) is 19.1 Å². The molecule has 2 N–H and O–H groups in total. The summed E-state index contributed by atoms with van der Waals surface area (Å²) < 4.78 is 14.5. The van der Waals surface area contributed by atoms with Gasteiger partial charge in [0.2, 0.25) is 0 Å². The van der Waals surface area contributed by atoms with E-state index in [1.807, 2.05) is 6.92 Å². The summed E-state index contributed by atoms with van der Waals surface area (Å²) in [6.45, 7) is 3.10. The van der Waals surface area contributed by atoms with Gasteiger partial charge < -0.3 is 24.5 Å². The summed E-state index contributed by atoms with van der Waals surface area (Å²) in [7, 11) is 1.26. The van der Waals surface area contributed by atoms with Gasteiger partial charge in [-0.15, -0.1) is 11.3 Å². The lowest BCUT2D eigenvalue weighted by atomic mass is 10.1. The third kappa shape index (κ3) is 5.43. The van der Waals surface area contributed by atoms with Gasteiger partial charge >= 0.3 is 11.9 Å². The Hall–Kier alpha value is -3.14. The number of carbonyl (C=O) groups excluding carboxylic acids is 4. The molecule has 0 saturated carbocycles. The van der Waals surface area contributed by atoms with Crippen molar-refractivity contribution in [3.63, 3.8) is 0 Å². The molecule has 0 unspecified atom stereocenters. The van der Waals surface area contributed by atoms with Crippen molar-refractivity contribution in [1.29, 1.82) is 0 Å². The molecule has 0 bridgehead atoms. The van der Waals surface area contributed by atoms with Gasteiger partial charge in [-0.3, -0.25) is 14.4 Å². The molecule has 0 saturated heterocycles. The Morgan fingerprint density at radius 3 is 2.61 bits per heavy atom. The summed E-state index contributed by atoms with van der Waals surface area (Å²) in [5.74, 6) is -2.10. The van der Waals surface area contributed by atoms with Gasteiger partial charge in [0.15, 0.2) is 12.4 Å². The molecule has 0 aromatic carbocycles. The maximum atomic E-state index is 12.0. The minimum atomic E-state index is -0.651. The quantitative estimate of drug-likeness (QED) is 0.641. The zero-order valence-corrected chi connectivity index (χ0v) is 16.4. The molecular weight excluding hydrogens is 388 g/mol. The van der Waals surface area contributed by atoms with E-state index in [0.717, 1.165) is 10.4 Å². The van der Waals surface area contributed by atoms with Crippen LogP contribution in [0.3, 0.4) is 0 Å². The molecule has 2 rings (SSSR count). The first-order chi connectivity index (χ1) is 13.3. The van der Waals surface area contributed by atoms with Gasteiger partial charge in [-0.2, -0.15) is 0 Å². The third-order valence-electron chi connectivity index (χ3n) is 3.75. The molecule has 0 aliphatic rings. The number of carbonyl (C=O) groups is 4. The zero-order valence-electron chi connectivity index (χ0n) is 15.6. The molecule has 9 nitrogen and oxygen atoms in total. The molecule has 2 aromatic rings. The topological polar surface area (TPSA) is 124 Å². The Labute approximate surface area is 165 Å². The van der Waals surface area contributed by atoms with E-state index in [1.165, 1.54) is 30.8 Å². The Balaban J connectivity index is 1.78. The van der Waals surface area contributed by atoms with Gasteiger partial charge in [0.25, 0.3) is 11.8 Å². The van der Waals surface area contributed by atoms with Gasteiger partial charge in [-0.05, 0) is 31.5 Å². The van der Waals surface area contributed by atoms with Crippen molar-refractivity contribution in [2.24, 2.45) is 0 Å². The van der Waals surface area contributed by atoms with Crippen molar-refractivity contribution in [2.45, 2.75) is 20.3 Å². The summed E-state index contributed by atoms with van der Waals surface area (Å²) in [6.07, 6.45) is 1.26. The largest absolute Gasteiger partial charge is 0.465 e. The number of rotatable bonds is 8. The first-order valence-corrected chi connectivity index (χ1v) is 9.10. The summed E-state index contributed by atoms with van der Waals surface area (Å²) in [5.41, 5.74) is 1.00. The Morgan fingerprint density at radius 2 is 1.96 bits per heavy atom. The molecule has 2 aromatic heterocycles. The fourth-order valence-electron chi connectivity index (χ4n) is 2.22. The smallest absolute Gasteiger partial charge is 0.341 e. The van der Waals surface area contributed by atoms with E-state index in [2.05, 4.69) is 10.6 Å². The van der Waals surface area contributed by atoms with E-state index in [1.54, 1.807) is 13.0 Å². The molecular formula is C18H20N2O7S. The summed E-state index contributed by atoms with van der Waals surface area (Å²) in [4.78, 5) is 48.1. The molecule has 0 spiro atoms. The number of hydrogen-bond donors (Lipinski definition) is 2. The van der Waals surface area contributed by atoms with Crippen molar-refractivity contribution in [2.75, 3.05) is 25.6 Å². The number of amides is 2. The second kappa shape index (κ2) is 9.70. The maximum absolute atomic E-state index is 12.0. The third-order valence-corrected chi connectivity index (χ3v) is 4.87. The molecule has 28 heavy (non-hydrogen) atoms. The predicted molar refractivity (Wildman–Crippen MR) is 100 cm³/mol. The van der Waals surface area contributed by atoms with E-state index < -0.39 is 30.4 Å². The maximum Gasteiger partial charge on any atom is 0.341 e. The van der Waals surface area contributed by atoms with E-state index >= 15 is 0 Å². The number of nitrogens with one attached hydrogen (secondary N) is 2. The second-order valence-corrected chi connectivity index (χ2v) is 6.90. The second-order valence-electron chi connectivity index (χ2n) is 5.67. The number of esters is 2. The molecule has 0 radical (unpaired) electrons. The normalized spacial score (nSPS) is 10.2. The van der Waals surface area contributed by atoms with Gasteiger partial charge in [-0.25, -0.2) is 4.79 Å². The molecule has 2 amide bonds. The Kier molecular flexibility index (Phi) is 7.33. The van der Waals surface area contributed by atoms with Crippen LogP contribution in [0.15, 0.2) is 22.8 Å². The number of thiophene rings is 1. The highest BCUT2D eigenvalue weighted by Gasteiger charge is 2.22. The number of hydrogen-bond acceptors (Lipinski definition) is 8. The van der Waals surface area contributed by atoms with Crippen molar-refractivity contribution in [1.82, 2.24) is 5.32 Å². The van der Waals surface area contributed by atoms with Gasteiger partial charge in [-0.1, -0.05) is 0 Å². The molecule has 0 aliphatic carbocycles. The molecule has 0 aliphatic heterocycles. The number of methoxy groups -OCH3 is 1.